The monoisotopic (exact) mass is 581 g/mol. The number of amides is 2. The highest BCUT2D eigenvalue weighted by atomic mass is 19.4. The first-order chi connectivity index (χ1) is 20.2. The average Bonchev–Trinajstić information content (AvgIpc) is 3.56. The number of nitrogens with two attached hydrogens (primary N) is 2. The molecule has 0 unspecified atom stereocenters. The molecule has 12 nitrogen and oxygen atoms in total. The van der Waals surface area contributed by atoms with Crippen molar-refractivity contribution in [2.45, 2.75) is 26.1 Å². The van der Waals surface area contributed by atoms with Crippen molar-refractivity contribution in [2.24, 2.45) is 5.73 Å². The lowest BCUT2D eigenvalue weighted by Crippen LogP contribution is -2.19. The molecule has 3 heterocycles. The summed E-state index contributed by atoms with van der Waals surface area (Å²) in [7, 11) is 0. The summed E-state index contributed by atoms with van der Waals surface area (Å²) in [5, 5.41) is 12.8. The van der Waals surface area contributed by atoms with Crippen LogP contribution in [-0.4, -0.2) is 44.0 Å². The predicted molar refractivity (Wildman–Crippen MR) is 150 cm³/mol. The minimum absolute atomic E-state index is 0.0744. The molecule has 0 saturated heterocycles. The first-order valence-corrected chi connectivity index (χ1v) is 12.9. The van der Waals surface area contributed by atoms with Gasteiger partial charge in [-0.15, -0.1) is 0 Å². The average molecular weight is 582 g/mol. The van der Waals surface area contributed by atoms with Gasteiger partial charge in [0.25, 0.3) is 0 Å². The van der Waals surface area contributed by atoms with Crippen molar-refractivity contribution in [1.29, 1.82) is 0 Å². The van der Waals surface area contributed by atoms with E-state index in [0.29, 0.717) is 65.7 Å². The first-order valence-electron chi connectivity index (χ1n) is 12.9. The van der Waals surface area contributed by atoms with Crippen LogP contribution in [0, 0.1) is 0 Å². The molecular formula is C27H26F3N9O3. The fourth-order valence-corrected chi connectivity index (χ4v) is 4.32. The molecule has 2 amide bonds. The number of pyridine rings is 1. The number of hydrogen-bond acceptors (Lipinski definition) is 9. The number of carbonyl (C=O) groups is 1. The van der Waals surface area contributed by atoms with Crippen molar-refractivity contribution < 1.29 is 27.3 Å². The molecule has 3 aromatic heterocycles. The zero-order chi connectivity index (χ0) is 29.9. The lowest BCUT2D eigenvalue weighted by atomic mass is 10.1. The standard InChI is InChI=1S/C27H26F3N9O3/c1-2-39-23-19(41-12-4-11-31)14-33-20(21(23)36-25(39)22-24(32)38-42-37-22)15-5-3-6-18(13-15)35-26(40)34-17-9-7-16(8-10-17)27(28,29)30/h3,5-10,13-14H,2,4,11-12,31H2,1H3,(H2,32,38)(H2,34,35,40). The van der Waals surface area contributed by atoms with Gasteiger partial charge in [-0.05, 0) is 66.6 Å². The molecule has 6 N–H and O–H groups in total. The second-order valence-corrected chi connectivity index (χ2v) is 9.07. The molecule has 2 aromatic carbocycles. The quantitative estimate of drug-likeness (QED) is 0.172. The van der Waals surface area contributed by atoms with Gasteiger partial charge < -0.3 is 31.4 Å². The van der Waals surface area contributed by atoms with Gasteiger partial charge >= 0.3 is 12.2 Å². The van der Waals surface area contributed by atoms with Gasteiger partial charge in [0.15, 0.2) is 23.1 Å². The number of aryl methyl sites for hydroxylation is 1. The van der Waals surface area contributed by atoms with E-state index < -0.39 is 17.8 Å². The van der Waals surface area contributed by atoms with E-state index in [-0.39, 0.29) is 17.2 Å². The third-order valence-corrected chi connectivity index (χ3v) is 6.25. The number of fused-ring (bicyclic) bond motifs is 1. The van der Waals surface area contributed by atoms with E-state index in [1.165, 1.54) is 12.1 Å². The van der Waals surface area contributed by atoms with Crippen LogP contribution < -0.4 is 26.8 Å². The second kappa shape index (κ2) is 11.7. The molecule has 218 valence electrons. The van der Waals surface area contributed by atoms with E-state index in [1.807, 2.05) is 11.5 Å². The van der Waals surface area contributed by atoms with Gasteiger partial charge in [0, 0.05) is 23.5 Å². The van der Waals surface area contributed by atoms with Gasteiger partial charge in [0.2, 0.25) is 0 Å². The number of ether oxygens (including phenoxy) is 1. The number of anilines is 3. The summed E-state index contributed by atoms with van der Waals surface area (Å²) in [6.45, 7) is 3.25. The highest BCUT2D eigenvalue weighted by molar-refractivity contribution is 6.01. The highest BCUT2D eigenvalue weighted by Crippen LogP contribution is 2.37. The van der Waals surface area contributed by atoms with Crippen molar-refractivity contribution in [2.75, 3.05) is 29.5 Å². The number of hydrogen-bond donors (Lipinski definition) is 4. The lowest BCUT2D eigenvalue weighted by Gasteiger charge is -2.12. The summed E-state index contributed by atoms with van der Waals surface area (Å²) in [5.74, 6) is 0.975. The van der Waals surface area contributed by atoms with Crippen molar-refractivity contribution in [1.82, 2.24) is 24.8 Å². The Hall–Kier alpha value is -5.18. The number of carbonyl (C=O) groups excluding carboxylic acids is 1. The van der Waals surface area contributed by atoms with Crippen LogP contribution in [0.5, 0.6) is 5.75 Å². The van der Waals surface area contributed by atoms with Crippen LogP contribution in [0.4, 0.5) is 35.2 Å². The number of nitrogens with zero attached hydrogens (tertiary/aromatic N) is 5. The molecule has 42 heavy (non-hydrogen) atoms. The van der Waals surface area contributed by atoms with Crippen LogP contribution in [0.15, 0.2) is 59.4 Å². The van der Waals surface area contributed by atoms with Gasteiger partial charge in [-0.25, -0.2) is 19.4 Å². The predicted octanol–water partition coefficient (Wildman–Crippen LogP) is 5.14. The minimum atomic E-state index is -4.47. The molecule has 0 spiro atoms. The summed E-state index contributed by atoms with van der Waals surface area (Å²) >= 11 is 0. The topological polar surface area (TPSA) is 172 Å². The third kappa shape index (κ3) is 5.81. The Morgan fingerprint density at radius 2 is 1.83 bits per heavy atom. The molecule has 5 rings (SSSR count). The molecule has 0 radical (unpaired) electrons. The maximum atomic E-state index is 12.8. The summed E-state index contributed by atoms with van der Waals surface area (Å²) < 4.78 is 51.2. The van der Waals surface area contributed by atoms with Crippen molar-refractivity contribution >= 4 is 34.3 Å². The number of urea groups is 1. The van der Waals surface area contributed by atoms with E-state index in [0.717, 1.165) is 12.1 Å². The Balaban J connectivity index is 1.47. The SMILES string of the molecule is CCn1c(-c2nonc2N)nc2c(-c3cccc(NC(=O)Nc4ccc(C(F)(F)F)cc4)c3)ncc(OCCCN)c21. The highest BCUT2D eigenvalue weighted by Gasteiger charge is 2.30. The van der Waals surface area contributed by atoms with Gasteiger partial charge in [0.05, 0.1) is 24.1 Å². The summed E-state index contributed by atoms with van der Waals surface area (Å²) in [4.78, 5) is 22.0. The van der Waals surface area contributed by atoms with Crippen LogP contribution in [0.1, 0.15) is 18.9 Å². The molecule has 5 aromatic rings. The fourth-order valence-electron chi connectivity index (χ4n) is 4.32. The van der Waals surface area contributed by atoms with Gasteiger partial charge in [-0.1, -0.05) is 12.1 Å². The minimum Gasteiger partial charge on any atom is -0.490 e. The van der Waals surface area contributed by atoms with Crippen molar-refractivity contribution in [3.63, 3.8) is 0 Å². The number of nitrogens with one attached hydrogen (secondary N) is 2. The molecule has 0 aliphatic rings. The fraction of sp³-hybridized carbons (Fsp3) is 0.222. The second-order valence-electron chi connectivity index (χ2n) is 9.07. The van der Waals surface area contributed by atoms with E-state index >= 15 is 0 Å². The molecule has 0 aliphatic carbocycles. The number of benzene rings is 2. The van der Waals surface area contributed by atoms with E-state index in [9.17, 15) is 18.0 Å². The van der Waals surface area contributed by atoms with Crippen LogP contribution in [0.2, 0.25) is 0 Å². The number of halogens is 3. The molecule has 0 fully saturated rings. The molecule has 0 atom stereocenters. The van der Waals surface area contributed by atoms with Crippen LogP contribution in [0.3, 0.4) is 0 Å². The Kier molecular flexibility index (Phi) is 7.93. The normalized spacial score (nSPS) is 11.5. The number of alkyl halides is 3. The van der Waals surface area contributed by atoms with Crippen molar-refractivity contribution in [3.8, 4) is 28.5 Å². The number of rotatable bonds is 9. The first kappa shape index (κ1) is 28.4. The molecular weight excluding hydrogens is 555 g/mol. The Morgan fingerprint density at radius 1 is 1.07 bits per heavy atom. The molecule has 0 saturated carbocycles. The Morgan fingerprint density at radius 3 is 2.50 bits per heavy atom. The Bertz CT molecular complexity index is 1720. The summed E-state index contributed by atoms with van der Waals surface area (Å²) in [6.07, 6.45) is -2.24. The van der Waals surface area contributed by atoms with Crippen molar-refractivity contribution in [3.05, 3.63) is 60.3 Å². The van der Waals surface area contributed by atoms with E-state index in [1.54, 1.807) is 30.5 Å². The van der Waals surface area contributed by atoms with Gasteiger partial charge in [0.1, 0.15) is 11.0 Å². The van der Waals surface area contributed by atoms with Gasteiger partial charge in [-0.2, -0.15) is 13.2 Å². The van der Waals surface area contributed by atoms with E-state index in [4.69, 9.17) is 25.8 Å². The zero-order valence-corrected chi connectivity index (χ0v) is 22.3. The largest absolute Gasteiger partial charge is 0.490 e. The summed E-state index contributed by atoms with van der Waals surface area (Å²) in [5.41, 5.74) is 13.9. The maximum Gasteiger partial charge on any atom is 0.416 e. The zero-order valence-electron chi connectivity index (χ0n) is 22.3. The van der Waals surface area contributed by atoms with E-state index in [2.05, 4.69) is 25.9 Å². The smallest absolute Gasteiger partial charge is 0.416 e. The lowest BCUT2D eigenvalue weighted by molar-refractivity contribution is -0.137. The molecule has 0 bridgehead atoms. The van der Waals surface area contributed by atoms with Crippen LogP contribution in [0.25, 0.3) is 33.8 Å². The number of aromatic nitrogens is 5. The third-order valence-electron chi connectivity index (χ3n) is 6.25. The number of nitrogen functional groups attached to an aromatic ring is 1. The van der Waals surface area contributed by atoms with Crippen LogP contribution >= 0.6 is 0 Å². The van der Waals surface area contributed by atoms with Gasteiger partial charge in [-0.3, -0.25) is 0 Å². The molecule has 15 heteroatoms. The molecule has 0 aliphatic heterocycles. The maximum absolute atomic E-state index is 12.8. The summed E-state index contributed by atoms with van der Waals surface area (Å²) in [6, 6.07) is 10.4. The number of imidazole rings is 1. The Labute approximate surface area is 236 Å². The van der Waals surface area contributed by atoms with Crippen LogP contribution in [-0.2, 0) is 12.7 Å².